The van der Waals surface area contributed by atoms with Gasteiger partial charge in [-0.3, -0.25) is 4.79 Å². The average Bonchev–Trinajstić information content (AvgIpc) is 2.80. The van der Waals surface area contributed by atoms with Crippen molar-refractivity contribution in [2.75, 3.05) is 34.8 Å². The number of nitrogens with zero attached hydrogens (tertiary/aromatic N) is 1. The van der Waals surface area contributed by atoms with Crippen LogP contribution in [0.3, 0.4) is 0 Å². The molecule has 2 aliphatic rings. The molecular weight excluding hydrogens is 381 g/mol. The monoisotopic (exact) mass is 404 g/mol. The number of hydrogen-bond donors (Lipinski definition) is 1. The summed E-state index contributed by atoms with van der Waals surface area (Å²) in [5, 5.41) is 2.58. The van der Waals surface area contributed by atoms with Crippen LogP contribution in [0.15, 0.2) is 18.2 Å². The number of carbonyl (C=O) groups is 1. The van der Waals surface area contributed by atoms with Gasteiger partial charge in [-0.25, -0.2) is 8.42 Å². The van der Waals surface area contributed by atoms with Crippen molar-refractivity contribution in [1.29, 1.82) is 0 Å². The Morgan fingerprint density at radius 2 is 1.78 bits per heavy atom. The number of anilines is 2. The number of hydrogen-bond acceptors (Lipinski definition) is 4. The number of benzene rings is 1. The average molecular weight is 404 g/mol. The molecule has 3 rings (SSSR count). The van der Waals surface area contributed by atoms with E-state index < -0.39 is 33.4 Å². The van der Waals surface area contributed by atoms with E-state index in [2.05, 4.69) is 5.32 Å². The van der Waals surface area contributed by atoms with Gasteiger partial charge in [0, 0.05) is 13.1 Å². The minimum absolute atomic E-state index is 0.0628. The summed E-state index contributed by atoms with van der Waals surface area (Å²) in [7, 11) is -3.25. The number of carbonyl (C=O) groups excluding carboxylic acids is 1. The third-order valence-corrected chi connectivity index (χ3v) is 6.90. The first-order valence-corrected chi connectivity index (χ1v) is 11.0. The van der Waals surface area contributed by atoms with E-state index in [0.717, 1.165) is 37.8 Å². The Kier molecular flexibility index (Phi) is 5.69. The third kappa shape index (κ3) is 4.94. The van der Waals surface area contributed by atoms with Crippen LogP contribution in [0.5, 0.6) is 0 Å². The van der Waals surface area contributed by atoms with E-state index in [0.29, 0.717) is 18.8 Å². The summed E-state index contributed by atoms with van der Waals surface area (Å²) in [6, 6.07) is 3.37. The molecule has 0 saturated carbocycles. The van der Waals surface area contributed by atoms with Crippen LogP contribution in [0.4, 0.5) is 24.5 Å². The molecule has 2 aliphatic heterocycles. The normalized spacial score (nSPS) is 23.1. The molecule has 9 heteroatoms. The number of halogens is 3. The zero-order chi connectivity index (χ0) is 19.7. The van der Waals surface area contributed by atoms with Gasteiger partial charge >= 0.3 is 6.18 Å². The Hall–Kier alpha value is -1.77. The van der Waals surface area contributed by atoms with E-state index in [1.165, 1.54) is 6.07 Å². The molecule has 0 aromatic heterocycles. The quantitative estimate of drug-likeness (QED) is 0.838. The summed E-state index contributed by atoms with van der Waals surface area (Å²) in [6.07, 6.45) is -0.304. The van der Waals surface area contributed by atoms with Gasteiger partial charge in [-0.05, 0) is 37.5 Å². The van der Waals surface area contributed by atoms with Crippen molar-refractivity contribution in [2.45, 2.75) is 38.3 Å². The largest absolute Gasteiger partial charge is 0.416 e. The highest BCUT2D eigenvalue weighted by molar-refractivity contribution is 7.91. The van der Waals surface area contributed by atoms with Crippen molar-refractivity contribution in [3.63, 3.8) is 0 Å². The molecule has 1 amide bonds. The molecule has 2 saturated heterocycles. The lowest BCUT2D eigenvalue weighted by Crippen LogP contribution is -2.28. The van der Waals surface area contributed by atoms with Gasteiger partial charge < -0.3 is 10.2 Å². The first kappa shape index (κ1) is 20.0. The van der Waals surface area contributed by atoms with E-state index in [1.54, 1.807) is 0 Å². The predicted molar refractivity (Wildman–Crippen MR) is 97.5 cm³/mol. The number of sulfone groups is 1. The standard InChI is InChI=1S/C18H23F3N2O3S/c19-18(20,21)14-5-6-16(23-8-3-1-2-4-9-23)15(11-14)22-17(24)13-7-10-27(25,26)12-13/h5-6,11,13H,1-4,7-10,12H2,(H,22,24)/t13-/m1/s1. The Labute approximate surface area is 156 Å². The Morgan fingerprint density at radius 3 is 2.33 bits per heavy atom. The first-order chi connectivity index (χ1) is 12.7. The molecule has 150 valence electrons. The lowest BCUT2D eigenvalue weighted by Gasteiger charge is -2.26. The topological polar surface area (TPSA) is 66.5 Å². The number of amides is 1. The molecule has 0 unspecified atom stereocenters. The Balaban J connectivity index is 1.88. The van der Waals surface area contributed by atoms with Crippen LogP contribution in [0.2, 0.25) is 0 Å². The molecule has 2 heterocycles. The van der Waals surface area contributed by atoms with Gasteiger partial charge in [0.25, 0.3) is 0 Å². The van der Waals surface area contributed by atoms with Crippen LogP contribution in [0.25, 0.3) is 0 Å². The molecular formula is C18H23F3N2O3S. The highest BCUT2D eigenvalue weighted by Crippen LogP contribution is 2.36. The fraction of sp³-hybridized carbons (Fsp3) is 0.611. The maximum atomic E-state index is 13.1. The predicted octanol–water partition coefficient (Wildman–Crippen LogP) is 3.46. The minimum atomic E-state index is -4.52. The molecule has 0 radical (unpaired) electrons. The summed E-state index contributed by atoms with van der Waals surface area (Å²) in [5.74, 6) is -1.57. The van der Waals surface area contributed by atoms with Gasteiger partial charge in [-0.15, -0.1) is 0 Å². The zero-order valence-corrected chi connectivity index (χ0v) is 15.7. The van der Waals surface area contributed by atoms with Crippen molar-refractivity contribution in [1.82, 2.24) is 0 Å². The molecule has 1 N–H and O–H groups in total. The number of rotatable bonds is 3. The molecule has 27 heavy (non-hydrogen) atoms. The van der Waals surface area contributed by atoms with Crippen molar-refractivity contribution in [3.05, 3.63) is 23.8 Å². The number of nitrogens with one attached hydrogen (secondary N) is 1. The summed E-state index contributed by atoms with van der Waals surface area (Å²) in [6.45, 7) is 1.43. The molecule has 1 atom stereocenters. The maximum absolute atomic E-state index is 13.1. The SMILES string of the molecule is O=C(Nc1cc(C(F)(F)F)ccc1N1CCCCCC1)[C@@H]1CCS(=O)(=O)C1. The van der Waals surface area contributed by atoms with Gasteiger partial charge in [-0.1, -0.05) is 12.8 Å². The molecule has 0 bridgehead atoms. The molecule has 5 nitrogen and oxygen atoms in total. The summed E-state index contributed by atoms with van der Waals surface area (Å²) in [5.41, 5.74) is -0.185. The fourth-order valence-corrected chi connectivity index (χ4v) is 5.38. The second-order valence-corrected chi connectivity index (χ2v) is 9.45. The van der Waals surface area contributed by atoms with Crippen LogP contribution in [0, 0.1) is 5.92 Å². The fourth-order valence-electron chi connectivity index (χ4n) is 3.64. The summed E-state index contributed by atoms with van der Waals surface area (Å²) in [4.78, 5) is 14.5. The van der Waals surface area contributed by atoms with Gasteiger partial charge in [0.2, 0.25) is 5.91 Å². The van der Waals surface area contributed by atoms with Gasteiger partial charge in [0.15, 0.2) is 9.84 Å². The van der Waals surface area contributed by atoms with Crippen molar-refractivity contribution < 1.29 is 26.4 Å². The summed E-state index contributed by atoms with van der Waals surface area (Å²) >= 11 is 0. The van der Waals surface area contributed by atoms with Crippen LogP contribution in [-0.4, -0.2) is 38.9 Å². The van der Waals surface area contributed by atoms with Gasteiger partial charge in [-0.2, -0.15) is 13.2 Å². The molecule has 0 aliphatic carbocycles. The highest BCUT2D eigenvalue weighted by atomic mass is 32.2. The summed E-state index contributed by atoms with van der Waals surface area (Å²) < 4.78 is 62.6. The minimum Gasteiger partial charge on any atom is -0.370 e. The van der Waals surface area contributed by atoms with E-state index in [4.69, 9.17) is 0 Å². The van der Waals surface area contributed by atoms with Gasteiger partial charge in [0.05, 0.1) is 34.4 Å². The lowest BCUT2D eigenvalue weighted by atomic mass is 10.1. The highest BCUT2D eigenvalue weighted by Gasteiger charge is 2.35. The van der Waals surface area contributed by atoms with Crippen LogP contribution in [-0.2, 0) is 20.8 Å². The van der Waals surface area contributed by atoms with Crippen molar-refractivity contribution in [2.24, 2.45) is 5.92 Å². The maximum Gasteiger partial charge on any atom is 0.416 e. The third-order valence-electron chi connectivity index (χ3n) is 5.13. The number of alkyl halides is 3. The first-order valence-electron chi connectivity index (χ1n) is 9.13. The van der Waals surface area contributed by atoms with E-state index in [-0.39, 0.29) is 23.6 Å². The van der Waals surface area contributed by atoms with Crippen LogP contribution < -0.4 is 10.2 Å². The van der Waals surface area contributed by atoms with Crippen molar-refractivity contribution in [3.8, 4) is 0 Å². The van der Waals surface area contributed by atoms with E-state index in [1.807, 2.05) is 4.90 Å². The molecule has 1 aromatic rings. The second kappa shape index (κ2) is 7.69. The second-order valence-electron chi connectivity index (χ2n) is 7.22. The molecule has 0 spiro atoms. The molecule has 2 fully saturated rings. The Bertz CT molecular complexity index is 801. The van der Waals surface area contributed by atoms with Crippen molar-refractivity contribution >= 4 is 27.1 Å². The smallest absolute Gasteiger partial charge is 0.370 e. The Morgan fingerprint density at radius 1 is 1.11 bits per heavy atom. The van der Waals surface area contributed by atoms with E-state index in [9.17, 15) is 26.4 Å². The zero-order valence-electron chi connectivity index (χ0n) is 14.9. The van der Waals surface area contributed by atoms with Crippen LogP contribution in [0.1, 0.15) is 37.7 Å². The molecule has 1 aromatic carbocycles. The van der Waals surface area contributed by atoms with E-state index >= 15 is 0 Å². The van der Waals surface area contributed by atoms with Gasteiger partial charge in [0.1, 0.15) is 0 Å². The van der Waals surface area contributed by atoms with Crippen LogP contribution >= 0.6 is 0 Å². The lowest BCUT2D eigenvalue weighted by molar-refractivity contribution is -0.137.